The summed E-state index contributed by atoms with van der Waals surface area (Å²) in [6.07, 6.45) is 3.36. The number of benzene rings is 1. The van der Waals surface area contributed by atoms with Gasteiger partial charge in [0.25, 0.3) is 0 Å². The highest BCUT2D eigenvalue weighted by Crippen LogP contribution is 2.40. The van der Waals surface area contributed by atoms with Crippen LogP contribution in [0.25, 0.3) is 11.3 Å². The van der Waals surface area contributed by atoms with Gasteiger partial charge in [0.05, 0.1) is 10.7 Å². The Labute approximate surface area is 118 Å². The fraction of sp³-hybridized carbons (Fsp3) is 0.438. The fourth-order valence-electron chi connectivity index (χ4n) is 2.74. The third-order valence-electron chi connectivity index (χ3n) is 4.15. The Kier molecular flexibility index (Phi) is 3.67. The first kappa shape index (κ1) is 12.8. The van der Waals surface area contributed by atoms with Gasteiger partial charge in [0, 0.05) is 29.6 Å². The minimum atomic E-state index is 0.246. The predicted octanol–water partition coefficient (Wildman–Crippen LogP) is 4.27. The maximum absolute atomic E-state index is 5.52. The van der Waals surface area contributed by atoms with Crippen molar-refractivity contribution in [1.29, 1.82) is 0 Å². The first-order valence-corrected chi connectivity index (χ1v) is 7.81. The van der Waals surface area contributed by atoms with Crippen molar-refractivity contribution in [3.8, 4) is 11.3 Å². The number of nitrogens with zero attached hydrogens (tertiary/aromatic N) is 1. The average Bonchev–Trinajstić information content (AvgIpc) is 2.99. The van der Waals surface area contributed by atoms with Gasteiger partial charge in [0.15, 0.2) is 0 Å². The Morgan fingerprint density at radius 2 is 1.95 bits per heavy atom. The quantitative estimate of drug-likeness (QED) is 0.833. The zero-order valence-electron chi connectivity index (χ0n) is 11.3. The molecule has 2 heterocycles. The second-order valence-corrected chi connectivity index (χ2v) is 6.01. The summed E-state index contributed by atoms with van der Waals surface area (Å²) < 4.78 is 5.52. The highest BCUT2D eigenvalue weighted by Gasteiger charge is 2.35. The zero-order chi connectivity index (χ0) is 13.1. The summed E-state index contributed by atoms with van der Waals surface area (Å²) in [6.45, 7) is 4.01. The van der Waals surface area contributed by atoms with Crippen LogP contribution in [0, 0.1) is 0 Å². The van der Waals surface area contributed by atoms with Gasteiger partial charge in [0.1, 0.15) is 0 Å². The molecular formula is C16H19NOS. The van der Waals surface area contributed by atoms with Crippen molar-refractivity contribution >= 4 is 11.3 Å². The van der Waals surface area contributed by atoms with Crippen molar-refractivity contribution in [2.75, 3.05) is 13.2 Å². The minimum Gasteiger partial charge on any atom is -0.381 e. The molecule has 0 spiro atoms. The number of rotatable bonds is 3. The van der Waals surface area contributed by atoms with Crippen LogP contribution in [0.4, 0.5) is 0 Å². The molecule has 0 bridgehead atoms. The van der Waals surface area contributed by atoms with Crippen LogP contribution in [-0.2, 0) is 10.2 Å². The minimum absolute atomic E-state index is 0.246. The number of ether oxygens (including phenoxy) is 1. The lowest BCUT2D eigenvalue weighted by Gasteiger charge is -2.34. The van der Waals surface area contributed by atoms with E-state index in [2.05, 4.69) is 36.6 Å². The van der Waals surface area contributed by atoms with Gasteiger partial charge in [-0.3, -0.25) is 0 Å². The van der Waals surface area contributed by atoms with Crippen LogP contribution in [0.15, 0.2) is 35.7 Å². The molecule has 0 unspecified atom stereocenters. The molecule has 0 N–H and O–H groups in total. The molecule has 1 aromatic carbocycles. The Bertz CT molecular complexity index is 529. The lowest BCUT2D eigenvalue weighted by molar-refractivity contribution is 0.0485. The molecular weight excluding hydrogens is 254 g/mol. The highest BCUT2D eigenvalue weighted by atomic mass is 32.1. The maximum atomic E-state index is 5.52. The van der Waals surface area contributed by atoms with E-state index in [1.165, 1.54) is 10.6 Å². The van der Waals surface area contributed by atoms with Gasteiger partial charge in [-0.25, -0.2) is 4.98 Å². The van der Waals surface area contributed by atoms with Crippen LogP contribution in [0.2, 0.25) is 0 Å². The van der Waals surface area contributed by atoms with Gasteiger partial charge < -0.3 is 4.74 Å². The normalized spacial score (nSPS) is 18.4. The van der Waals surface area contributed by atoms with E-state index in [0.717, 1.165) is 38.2 Å². The van der Waals surface area contributed by atoms with Crippen molar-refractivity contribution in [2.24, 2.45) is 0 Å². The maximum Gasteiger partial charge on any atom is 0.0996 e. The number of hydrogen-bond acceptors (Lipinski definition) is 3. The molecule has 2 nitrogen and oxygen atoms in total. The summed E-state index contributed by atoms with van der Waals surface area (Å²) in [6, 6.07) is 10.4. The first-order chi connectivity index (χ1) is 9.34. The van der Waals surface area contributed by atoms with Gasteiger partial charge in [0.2, 0.25) is 0 Å². The summed E-state index contributed by atoms with van der Waals surface area (Å²) >= 11 is 1.81. The molecule has 1 fully saturated rings. The molecule has 0 atom stereocenters. The molecule has 0 amide bonds. The summed E-state index contributed by atoms with van der Waals surface area (Å²) in [7, 11) is 0. The van der Waals surface area contributed by atoms with E-state index in [4.69, 9.17) is 9.72 Å². The van der Waals surface area contributed by atoms with Gasteiger partial charge >= 0.3 is 0 Å². The Hall–Kier alpha value is -1.19. The summed E-state index contributed by atoms with van der Waals surface area (Å²) in [5, 5.41) is 3.48. The summed E-state index contributed by atoms with van der Waals surface area (Å²) in [5.41, 5.74) is 2.57. The summed E-state index contributed by atoms with van der Waals surface area (Å²) in [5.74, 6) is 0. The van der Waals surface area contributed by atoms with Crippen LogP contribution in [0.3, 0.4) is 0 Å². The van der Waals surface area contributed by atoms with E-state index in [1.54, 1.807) is 0 Å². The van der Waals surface area contributed by atoms with Crippen molar-refractivity contribution < 1.29 is 4.74 Å². The van der Waals surface area contributed by atoms with Crippen LogP contribution in [0.1, 0.15) is 31.2 Å². The Balaban J connectivity index is 1.92. The van der Waals surface area contributed by atoms with E-state index in [1.807, 2.05) is 17.4 Å². The number of thiazole rings is 1. The molecule has 3 heteroatoms. The van der Waals surface area contributed by atoms with E-state index >= 15 is 0 Å². The van der Waals surface area contributed by atoms with Gasteiger partial charge in [-0.15, -0.1) is 11.3 Å². The van der Waals surface area contributed by atoms with Crippen LogP contribution < -0.4 is 0 Å². The lowest BCUT2D eigenvalue weighted by Crippen LogP contribution is -2.33. The van der Waals surface area contributed by atoms with Crippen molar-refractivity contribution in [3.63, 3.8) is 0 Å². The van der Waals surface area contributed by atoms with Crippen LogP contribution >= 0.6 is 11.3 Å². The molecule has 1 aliphatic heterocycles. The predicted molar refractivity (Wildman–Crippen MR) is 79.6 cm³/mol. The largest absolute Gasteiger partial charge is 0.381 e. The van der Waals surface area contributed by atoms with E-state index in [-0.39, 0.29) is 5.41 Å². The average molecular weight is 273 g/mol. The lowest BCUT2D eigenvalue weighted by atomic mass is 9.78. The van der Waals surface area contributed by atoms with E-state index in [9.17, 15) is 0 Å². The van der Waals surface area contributed by atoms with Gasteiger partial charge in [-0.2, -0.15) is 0 Å². The molecule has 0 radical (unpaired) electrons. The van der Waals surface area contributed by atoms with Crippen molar-refractivity contribution in [3.05, 3.63) is 40.7 Å². The molecule has 0 aliphatic carbocycles. The number of aromatic nitrogens is 1. The van der Waals surface area contributed by atoms with Crippen molar-refractivity contribution in [2.45, 2.75) is 31.6 Å². The Morgan fingerprint density at radius 3 is 2.63 bits per heavy atom. The third-order valence-corrected chi connectivity index (χ3v) is 5.24. The summed E-state index contributed by atoms with van der Waals surface area (Å²) in [4.78, 5) is 4.91. The Morgan fingerprint density at radius 1 is 1.21 bits per heavy atom. The molecule has 19 heavy (non-hydrogen) atoms. The molecule has 3 rings (SSSR count). The second-order valence-electron chi connectivity index (χ2n) is 5.15. The second kappa shape index (κ2) is 5.43. The topological polar surface area (TPSA) is 22.1 Å². The first-order valence-electron chi connectivity index (χ1n) is 6.93. The standard InChI is InChI=1S/C16H19NOS/c1-2-16(8-10-18-11-9-16)15-17-14(12-19-15)13-6-4-3-5-7-13/h3-7,12H,2,8-11H2,1H3. The van der Waals surface area contributed by atoms with Crippen molar-refractivity contribution in [1.82, 2.24) is 4.98 Å². The van der Waals surface area contributed by atoms with Gasteiger partial charge in [-0.05, 0) is 19.3 Å². The smallest absolute Gasteiger partial charge is 0.0996 e. The fourth-order valence-corrected chi connectivity index (χ4v) is 3.90. The van der Waals surface area contributed by atoms with Crippen LogP contribution in [0.5, 0.6) is 0 Å². The molecule has 2 aromatic rings. The molecule has 1 aromatic heterocycles. The molecule has 1 saturated heterocycles. The van der Waals surface area contributed by atoms with E-state index in [0.29, 0.717) is 0 Å². The third kappa shape index (κ3) is 2.45. The van der Waals surface area contributed by atoms with Gasteiger partial charge in [-0.1, -0.05) is 37.3 Å². The molecule has 100 valence electrons. The van der Waals surface area contributed by atoms with E-state index < -0.39 is 0 Å². The molecule has 0 saturated carbocycles. The zero-order valence-corrected chi connectivity index (χ0v) is 12.1. The van der Waals surface area contributed by atoms with Crippen LogP contribution in [-0.4, -0.2) is 18.2 Å². The number of hydrogen-bond donors (Lipinski definition) is 0. The highest BCUT2D eigenvalue weighted by molar-refractivity contribution is 7.10. The molecule has 1 aliphatic rings. The SMILES string of the molecule is CCC1(c2nc(-c3ccccc3)cs2)CCOCC1. The monoisotopic (exact) mass is 273 g/mol.